The van der Waals surface area contributed by atoms with Crippen LogP contribution in [-0.4, -0.2) is 30.4 Å². The normalized spacial score (nSPS) is 17.9. The predicted molar refractivity (Wildman–Crippen MR) is 64.2 cm³/mol. The van der Waals surface area contributed by atoms with Gasteiger partial charge in [-0.1, -0.05) is 17.7 Å². The topological polar surface area (TPSA) is 87.3 Å². The quantitative estimate of drug-likeness (QED) is 0.703. The van der Waals surface area contributed by atoms with E-state index in [1.807, 2.05) is 5.32 Å². The van der Waals surface area contributed by atoms with Crippen LogP contribution >= 0.6 is 11.6 Å². The highest BCUT2D eigenvalue weighted by atomic mass is 35.5. The average molecular weight is 286 g/mol. The third-order valence-electron chi connectivity index (χ3n) is 2.52. The number of rotatable bonds is 3. The molecule has 1 heterocycles. The highest BCUT2D eigenvalue weighted by Crippen LogP contribution is 2.18. The maximum absolute atomic E-state index is 13.4. The molecule has 1 aromatic carbocycles. The van der Waals surface area contributed by atoms with Gasteiger partial charge in [0.15, 0.2) is 0 Å². The standard InChI is InChI=1S/C11H9ClFN3O3/c12-5-2-1-3-6(13)8(5)10(18)14-4-7-9(17)16-11(19)15-7/h1-3,7H,4H2,(H,14,18)(H2,15,16,17,19). The number of hydrogen-bond acceptors (Lipinski definition) is 3. The third-order valence-corrected chi connectivity index (χ3v) is 2.83. The highest BCUT2D eigenvalue weighted by molar-refractivity contribution is 6.33. The number of nitrogens with one attached hydrogen (secondary N) is 3. The Labute approximate surface area is 112 Å². The number of halogens is 2. The molecule has 1 aliphatic heterocycles. The Morgan fingerprint density at radius 3 is 2.74 bits per heavy atom. The van der Waals surface area contributed by atoms with Crippen molar-refractivity contribution < 1.29 is 18.8 Å². The molecule has 2 rings (SSSR count). The Balaban J connectivity index is 2.02. The summed E-state index contributed by atoms with van der Waals surface area (Å²) in [6, 6.07) is 2.35. The van der Waals surface area contributed by atoms with Gasteiger partial charge in [0.1, 0.15) is 11.9 Å². The first-order valence-electron chi connectivity index (χ1n) is 5.32. The van der Waals surface area contributed by atoms with Crippen molar-refractivity contribution in [2.45, 2.75) is 6.04 Å². The molecule has 3 N–H and O–H groups in total. The SMILES string of the molecule is O=C1NC(=O)C(CNC(=O)c2c(F)cccc2Cl)N1. The van der Waals surface area contributed by atoms with Crippen LogP contribution in [0.4, 0.5) is 9.18 Å². The zero-order valence-corrected chi connectivity index (χ0v) is 10.3. The summed E-state index contributed by atoms with van der Waals surface area (Å²) < 4.78 is 13.4. The molecule has 0 spiro atoms. The van der Waals surface area contributed by atoms with Gasteiger partial charge in [0.2, 0.25) is 0 Å². The largest absolute Gasteiger partial charge is 0.349 e. The predicted octanol–water partition coefficient (Wildman–Crippen LogP) is 0.417. The number of hydrogen-bond donors (Lipinski definition) is 3. The van der Waals surface area contributed by atoms with Crippen molar-refractivity contribution in [2.75, 3.05) is 6.54 Å². The van der Waals surface area contributed by atoms with E-state index in [9.17, 15) is 18.8 Å². The highest BCUT2D eigenvalue weighted by Gasteiger charge is 2.30. The second-order valence-electron chi connectivity index (χ2n) is 3.82. The van der Waals surface area contributed by atoms with Crippen LogP contribution in [-0.2, 0) is 4.79 Å². The summed E-state index contributed by atoms with van der Waals surface area (Å²) in [6.45, 7) is -0.152. The van der Waals surface area contributed by atoms with Gasteiger partial charge in [0.25, 0.3) is 11.8 Å². The van der Waals surface area contributed by atoms with Crippen LogP contribution in [0.25, 0.3) is 0 Å². The number of carbonyl (C=O) groups is 3. The van der Waals surface area contributed by atoms with Gasteiger partial charge >= 0.3 is 6.03 Å². The third kappa shape index (κ3) is 2.82. The first-order valence-corrected chi connectivity index (χ1v) is 5.70. The molecule has 1 aromatic rings. The summed E-state index contributed by atoms with van der Waals surface area (Å²) in [4.78, 5) is 33.8. The molecule has 6 nitrogen and oxygen atoms in total. The van der Waals surface area contributed by atoms with Gasteiger partial charge < -0.3 is 10.6 Å². The van der Waals surface area contributed by atoms with Crippen molar-refractivity contribution >= 4 is 29.4 Å². The van der Waals surface area contributed by atoms with Gasteiger partial charge in [0, 0.05) is 6.54 Å². The lowest BCUT2D eigenvalue weighted by Crippen LogP contribution is -2.41. The van der Waals surface area contributed by atoms with E-state index in [2.05, 4.69) is 10.6 Å². The molecule has 0 aliphatic carbocycles. The van der Waals surface area contributed by atoms with E-state index in [4.69, 9.17) is 11.6 Å². The molecule has 0 bridgehead atoms. The minimum atomic E-state index is -0.873. The van der Waals surface area contributed by atoms with Crippen LogP contribution in [0, 0.1) is 5.82 Å². The molecule has 0 aromatic heterocycles. The Morgan fingerprint density at radius 2 is 2.16 bits per heavy atom. The van der Waals surface area contributed by atoms with Crippen molar-refractivity contribution in [3.63, 3.8) is 0 Å². The van der Waals surface area contributed by atoms with Gasteiger partial charge in [-0.15, -0.1) is 0 Å². The van der Waals surface area contributed by atoms with Crippen LogP contribution < -0.4 is 16.0 Å². The van der Waals surface area contributed by atoms with Crippen molar-refractivity contribution in [3.8, 4) is 0 Å². The Kier molecular flexibility index (Phi) is 3.66. The van der Waals surface area contributed by atoms with E-state index >= 15 is 0 Å². The fraction of sp³-hybridized carbons (Fsp3) is 0.182. The fourth-order valence-electron chi connectivity index (χ4n) is 1.60. The summed E-state index contributed by atoms with van der Waals surface area (Å²) in [7, 11) is 0. The fourth-order valence-corrected chi connectivity index (χ4v) is 1.85. The summed E-state index contributed by atoms with van der Waals surface area (Å²) in [5.41, 5.74) is -0.297. The first-order chi connectivity index (χ1) is 8.99. The van der Waals surface area contributed by atoms with Crippen LogP contribution in [0.15, 0.2) is 18.2 Å². The van der Waals surface area contributed by atoms with Gasteiger partial charge in [0.05, 0.1) is 10.6 Å². The zero-order valence-electron chi connectivity index (χ0n) is 9.50. The molecule has 8 heteroatoms. The number of amides is 4. The van der Waals surface area contributed by atoms with E-state index in [-0.39, 0.29) is 17.1 Å². The Hall–Kier alpha value is -2.15. The molecule has 1 unspecified atom stereocenters. The first kappa shape index (κ1) is 13.3. The van der Waals surface area contributed by atoms with Crippen molar-refractivity contribution in [2.24, 2.45) is 0 Å². The molecule has 1 aliphatic rings. The van der Waals surface area contributed by atoms with E-state index < -0.39 is 29.7 Å². The van der Waals surface area contributed by atoms with E-state index in [0.717, 1.165) is 6.07 Å². The minimum absolute atomic E-state index is 0.0302. The number of benzene rings is 1. The molecule has 1 atom stereocenters. The molecule has 100 valence electrons. The van der Waals surface area contributed by atoms with Crippen LogP contribution in [0.2, 0.25) is 5.02 Å². The van der Waals surface area contributed by atoms with Gasteiger partial charge in [-0.05, 0) is 12.1 Å². The summed E-state index contributed by atoms with van der Waals surface area (Å²) in [6.07, 6.45) is 0. The molecule has 1 saturated heterocycles. The summed E-state index contributed by atoms with van der Waals surface area (Å²) in [5.74, 6) is -2.06. The lowest BCUT2D eigenvalue weighted by atomic mass is 10.2. The summed E-state index contributed by atoms with van der Waals surface area (Å²) in [5, 5.41) is 6.62. The molecule has 19 heavy (non-hydrogen) atoms. The van der Waals surface area contributed by atoms with Crippen LogP contribution in [0.3, 0.4) is 0 Å². The molecule has 0 saturated carbocycles. The second kappa shape index (κ2) is 5.23. The van der Waals surface area contributed by atoms with Crippen LogP contribution in [0.5, 0.6) is 0 Å². The molecule has 1 fully saturated rings. The summed E-state index contributed by atoms with van der Waals surface area (Å²) >= 11 is 5.72. The number of urea groups is 1. The zero-order chi connectivity index (χ0) is 14.0. The Bertz CT molecular complexity index is 544. The van der Waals surface area contributed by atoms with E-state index in [1.165, 1.54) is 12.1 Å². The molecule has 4 amide bonds. The van der Waals surface area contributed by atoms with Crippen molar-refractivity contribution in [1.29, 1.82) is 0 Å². The Morgan fingerprint density at radius 1 is 1.42 bits per heavy atom. The molecular weight excluding hydrogens is 277 g/mol. The lowest BCUT2D eigenvalue weighted by Gasteiger charge is -2.10. The van der Waals surface area contributed by atoms with Gasteiger partial charge in [-0.25, -0.2) is 9.18 Å². The lowest BCUT2D eigenvalue weighted by molar-refractivity contribution is -0.120. The van der Waals surface area contributed by atoms with E-state index in [1.54, 1.807) is 0 Å². The van der Waals surface area contributed by atoms with Crippen molar-refractivity contribution in [1.82, 2.24) is 16.0 Å². The van der Waals surface area contributed by atoms with Crippen molar-refractivity contribution in [3.05, 3.63) is 34.6 Å². The maximum atomic E-state index is 13.4. The number of imide groups is 1. The number of carbonyl (C=O) groups excluding carboxylic acids is 3. The monoisotopic (exact) mass is 285 g/mol. The maximum Gasteiger partial charge on any atom is 0.322 e. The average Bonchev–Trinajstić information content (AvgIpc) is 2.65. The van der Waals surface area contributed by atoms with Gasteiger partial charge in [-0.2, -0.15) is 0 Å². The molecule has 0 radical (unpaired) electrons. The van der Waals surface area contributed by atoms with E-state index in [0.29, 0.717) is 0 Å². The second-order valence-corrected chi connectivity index (χ2v) is 4.23. The smallest absolute Gasteiger partial charge is 0.322 e. The van der Waals surface area contributed by atoms with Gasteiger partial charge in [-0.3, -0.25) is 14.9 Å². The minimum Gasteiger partial charge on any atom is -0.349 e. The van der Waals surface area contributed by atoms with Crippen LogP contribution in [0.1, 0.15) is 10.4 Å². The molecular formula is C11H9ClFN3O3.